The SMILES string of the molecule is CC.CC.CNCCOCCOCCOCCOC. The van der Waals surface area contributed by atoms with Crippen LogP contribution < -0.4 is 5.32 Å². The molecule has 0 bridgehead atoms. The molecule has 0 heterocycles. The Morgan fingerprint density at radius 1 is 0.632 bits per heavy atom. The van der Waals surface area contributed by atoms with Gasteiger partial charge in [-0.2, -0.15) is 0 Å². The Bertz CT molecular complexity index is 104. The van der Waals surface area contributed by atoms with Gasteiger partial charge in [0.05, 0.1) is 46.2 Å². The fourth-order valence-corrected chi connectivity index (χ4v) is 0.858. The van der Waals surface area contributed by atoms with Crippen molar-refractivity contribution in [1.82, 2.24) is 5.32 Å². The maximum Gasteiger partial charge on any atom is 0.0701 e. The highest BCUT2D eigenvalue weighted by Crippen LogP contribution is 1.81. The van der Waals surface area contributed by atoms with E-state index in [1.807, 2.05) is 34.7 Å². The first kappa shape index (κ1) is 23.9. The molecule has 0 unspecified atom stereocenters. The summed E-state index contributed by atoms with van der Waals surface area (Å²) in [4.78, 5) is 0. The predicted octanol–water partition coefficient (Wildman–Crippen LogP) is 1.95. The van der Waals surface area contributed by atoms with Gasteiger partial charge in [0.25, 0.3) is 0 Å². The Hall–Kier alpha value is -0.200. The third-order valence-electron chi connectivity index (χ3n) is 1.67. The lowest BCUT2D eigenvalue weighted by Crippen LogP contribution is -2.16. The van der Waals surface area contributed by atoms with E-state index >= 15 is 0 Å². The number of nitrogens with one attached hydrogen (secondary N) is 1. The van der Waals surface area contributed by atoms with Crippen LogP contribution in [0.3, 0.4) is 0 Å². The maximum absolute atomic E-state index is 5.28. The smallest absolute Gasteiger partial charge is 0.0701 e. The van der Waals surface area contributed by atoms with Crippen molar-refractivity contribution in [3.8, 4) is 0 Å². The van der Waals surface area contributed by atoms with E-state index < -0.39 is 0 Å². The van der Waals surface area contributed by atoms with Gasteiger partial charge < -0.3 is 24.3 Å². The van der Waals surface area contributed by atoms with Crippen LogP contribution in [0.15, 0.2) is 0 Å². The van der Waals surface area contributed by atoms with E-state index in [0.717, 1.165) is 13.2 Å². The minimum absolute atomic E-state index is 0.610. The van der Waals surface area contributed by atoms with Gasteiger partial charge in [-0.1, -0.05) is 27.7 Å². The number of hydrogen-bond donors (Lipinski definition) is 1. The molecule has 0 aliphatic heterocycles. The summed E-state index contributed by atoms with van der Waals surface area (Å²) in [7, 11) is 3.56. The zero-order chi connectivity index (χ0) is 15.2. The lowest BCUT2D eigenvalue weighted by molar-refractivity contribution is 0.00423. The second kappa shape index (κ2) is 30.7. The van der Waals surface area contributed by atoms with E-state index in [2.05, 4.69) is 5.32 Å². The Balaban J connectivity index is -0.000000579. The van der Waals surface area contributed by atoms with E-state index in [1.165, 1.54) is 0 Å². The van der Waals surface area contributed by atoms with Crippen molar-refractivity contribution in [2.24, 2.45) is 0 Å². The third-order valence-corrected chi connectivity index (χ3v) is 1.67. The summed E-state index contributed by atoms with van der Waals surface area (Å²) < 4.78 is 20.6. The lowest BCUT2D eigenvalue weighted by Gasteiger charge is -2.06. The first-order chi connectivity index (χ1) is 9.41. The first-order valence-corrected chi connectivity index (χ1v) is 7.28. The van der Waals surface area contributed by atoms with Gasteiger partial charge in [-0.15, -0.1) is 0 Å². The van der Waals surface area contributed by atoms with Gasteiger partial charge >= 0.3 is 0 Å². The van der Waals surface area contributed by atoms with Crippen LogP contribution in [0.1, 0.15) is 27.7 Å². The summed E-state index contributed by atoms with van der Waals surface area (Å²) in [5.74, 6) is 0. The highest BCUT2D eigenvalue weighted by atomic mass is 16.6. The van der Waals surface area contributed by atoms with Crippen molar-refractivity contribution in [1.29, 1.82) is 0 Å². The second-order valence-electron chi connectivity index (χ2n) is 2.93. The van der Waals surface area contributed by atoms with Gasteiger partial charge in [0.2, 0.25) is 0 Å². The van der Waals surface area contributed by atoms with Crippen LogP contribution in [0.5, 0.6) is 0 Å². The average molecular weight is 281 g/mol. The van der Waals surface area contributed by atoms with Gasteiger partial charge in [-0.25, -0.2) is 0 Å². The summed E-state index contributed by atoms with van der Waals surface area (Å²) in [6.45, 7) is 13.3. The van der Waals surface area contributed by atoms with Crippen LogP contribution in [0.4, 0.5) is 0 Å². The summed E-state index contributed by atoms with van der Waals surface area (Å²) >= 11 is 0. The monoisotopic (exact) mass is 281 g/mol. The topological polar surface area (TPSA) is 49.0 Å². The molecule has 0 saturated carbocycles. The maximum atomic E-state index is 5.28. The Labute approximate surface area is 119 Å². The number of rotatable bonds is 12. The third kappa shape index (κ3) is 31.9. The molecule has 19 heavy (non-hydrogen) atoms. The molecule has 5 nitrogen and oxygen atoms in total. The molecule has 0 aromatic carbocycles. The number of likely N-dealkylation sites (N-methyl/N-ethyl adjacent to an activating group) is 1. The van der Waals surface area contributed by atoms with Gasteiger partial charge in [-0.3, -0.25) is 0 Å². The van der Waals surface area contributed by atoms with Gasteiger partial charge in [0.15, 0.2) is 0 Å². The lowest BCUT2D eigenvalue weighted by atomic mass is 10.6. The van der Waals surface area contributed by atoms with Crippen molar-refractivity contribution in [2.45, 2.75) is 27.7 Å². The molecule has 0 aromatic rings. The standard InChI is InChI=1S/C10H23NO4.2C2H6/c1-11-3-4-13-7-8-15-10-9-14-6-5-12-2;2*1-2/h11H,3-10H2,1-2H3;2*1-2H3. The molecule has 0 rings (SSSR count). The molecule has 0 spiro atoms. The summed E-state index contributed by atoms with van der Waals surface area (Å²) in [5.41, 5.74) is 0. The zero-order valence-corrected chi connectivity index (χ0v) is 13.8. The fraction of sp³-hybridized carbons (Fsp3) is 1.00. The van der Waals surface area contributed by atoms with Crippen molar-refractivity contribution in [3.05, 3.63) is 0 Å². The van der Waals surface area contributed by atoms with Crippen LogP contribution >= 0.6 is 0 Å². The molecule has 1 N–H and O–H groups in total. The minimum atomic E-state index is 0.610. The molecule has 0 fully saturated rings. The molecular weight excluding hydrogens is 246 g/mol. The van der Waals surface area contributed by atoms with E-state index in [1.54, 1.807) is 7.11 Å². The molecule has 0 aliphatic rings. The van der Waals surface area contributed by atoms with Crippen LogP contribution in [-0.2, 0) is 18.9 Å². The molecule has 120 valence electrons. The van der Waals surface area contributed by atoms with E-state index in [4.69, 9.17) is 18.9 Å². The van der Waals surface area contributed by atoms with Gasteiger partial charge in [0.1, 0.15) is 0 Å². The van der Waals surface area contributed by atoms with Crippen molar-refractivity contribution in [3.63, 3.8) is 0 Å². The minimum Gasteiger partial charge on any atom is -0.382 e. The summed E-state index contributed by atoms with van der Waals surface area (Å²) in [6, 6.07) is 0. The van der Waals surface area contributed by atoms with Crippen molar-refractivity contribution < 1.29 is 18.9 Å². The molecule has 0 radical (unpaired) electrons. The van der Waals surface area contributed by atoms with Crippen molar-refractivity contribution >= 4 is 0 Å². The van der Waals surface area contributed by atoms with Crippen LogP contribution in [0, 0.1) is 0 Å². The fourth-order valence-electron chi connectivity index (χ4n) is 0.858. The molecule has 0 amide bonds. The molecular formula is C14H35NO4. The second-order valence-corrected chi connectivity index (χ2v) is 2.93. The molecule has 0 saturated heterocycles. The Morgan fingerprint density at radius 3 is 1.37 bits per heavy atom. The van der Waals surface area contributed by atoms with Crippen LogP contribution in [0.2, 0.25) is 0 Å². The summed E-state index contributed by atoms with van der Waals surface area (Å²) in [5, 5.41) is 3.00. The molecule has 0 aromatic heterocycles. The summed E-state index contributed by atoms with van der Waals surface area (Å²) in [6.07, 6.45) is 0. The van der Waals surface area contributed by atoms with Crippen molar-refractivity contribution in [2.75, 3.05) is 67.0 Å². The largest absolute Gasteiger partial charge is 0.382 e. The van der Waals surface area contributed by atoms with E-state index in [-0.39, 0.29) is 0 Å². The molecule has 0 aliphatic carbocycles. The highest BCUT2D eigenvalue weighted by molar-refractivity contribution is 4.37. The highest BCUT2D eigenvalue weighted by Gasteiger charge is 1.90. The quantitative estimate of drug-likeness (QED) is 0.554. The van der Waals surface area contributed by atoms with Crippen LogP contribution in [0.25, 0.3) is 0 Å². The van der Waals surface area contributed by atoms with Crippen LogP contribution in [-0.4, -0.2) is 67.0 Å². The number of hydrogen-bond acceptors (Lipinski definition) is 5. The molecule has 5 heteroatoms. The van der Waals surface area contributed by atoms with Gasteiger partial charge in [0, 0.05) is 13.7 Å². The van der Waals surface area contributed by atoms with Gasteiger partial charge in [-0.05, 0) is 7.05 Å². The van der Waals surface area contributed by atoms with E-state index in [0.29, 0.717) is 39.6 Å². The van der Waals surface area contributed by atoms with E-state index in [9.17, 15) is 0 Å². The molecule has 0 atom stereocenters. The normalized spacial score (nSPS) is 9.16. The number of methoxy groups -OCH3 is 1. The Morgan fingerprint density at radius 2 is 1.00 bits per heavy atom. The average Bonchev–Trinajstić information content (AvgIpc) is 2.49. The predicted molar refractivity (Wildman–Crippen MR) is 81.0 cm³/mol. The first-order valence-electron chi connectivity index (χ1n) is 7.28. The Kier molecular flexibility index (Phi) is 38.5. The zero-order valence-electron chi connectivity index (χ0n) is 13.8. The number of ether oxygens (including phenoxy) is 4.